The van der Waals surface area contributed by atoms with E-state index in [9.17, 15) is 4.79 Å². The minimum absolute atomic E-state index is 0.231. The second kappa shape index (κ2) is 7.98. The number of rotatable bonds is 5. The van der Waals surface area contributed by atoms with E-state index in [1.54, 1.807) is 4.90 Å². The molecule has 1 saturated carbocycles. The lowest BCUT2D eigenvalue weighted by atomic mass is 10.1. The van der Waals surface area contributed by atoms with Gasteiger partial charge in [0.25, 0.3) is 0 Å². The van der Waals surface area contributed by atoms with Gasteiger partial charge in [-0.25, -0.2) is 0 Å². The number of nitrogens with zero attached hydrogens (tertiary/aromatic N) is 1. The van der Waals surface area contributed by atoms with Crippen LogP contribution in [0.5, 0.6) is 0 Å². The molecule has 1 amide bonds. The smallest absolute Gasteiger partial charge is 0.232 e. The van der Waals surface area contributed by atoms with Gasteiger partial charge in [-0.05, 0) is 19.4 Å². The molecule has 0 heterocycles. The molecule has 4 heteroatoms. The van der Waals surface area contributed by atoms with Crippen molar-refractivity contribution in [2.24, 2.45) is 0 Å². The molecule has 0 radical (unpaired) electrons. The van der Waals surface area contributed by atoms with Gasteiger partial charge in [0.05, 0.1) is 5.75 Å². The van der Waals surface area contributed by atoms with Crippen LogP contribution in [0.4, 0.5) is 0 Å². The van der Waals surface area contributed by atoms with E-state index in [0.29, 0.717) is 17.0 Å². The van der Waals surface area contributed by atoms with Crippen molar-refractivity contribution in [2.75, 3.05) is 26.4 Å². The molecular formula is C13H26N2OS. The molecule has 1 fully saturated rings. The van der Waals surface area contributed by atoms with Gasteiger partial charge in [-0.1, -0.05) is 26.2 Å². The second-order valence-electron chi connectivity index (χ2n) is 4.94. The van der Waals surface area contributed by atoms with Crippen molar-refractivity contribution in [2.45, 2.75) is 50.3 Å². The Labute approximate surface area is 110 Å². The van der Waals surface area contributed by atoms with E-state index in [4.69, 9.17) is 0 Å². The minimum Gasteiger partial charge on any atom is -0.348 e. The number of nitrogens with one attached hydrogen (secondary N) is 1. The first-order valence-corrected chi connectivity index (χ1v) is 7.75. The number of thioether (sulfide) groups is 1. The summed E-state index contributed by atoms with van der Waals surface area (Å²) in [7, 11) is 3.66. The van der Waals surface area contributed by atoms with Crippen LogP contribution >= 0.6 is 11.8 Å². The number of carbonyl (C=O) groups is 1. The Hall–Kier alpha value is -0.220. The van der Waals surface area contributed by atoms with Crippen LogP contribution in [0.2, 0.25) is 0 Å². The number of amides is 1. The standard InChI is InChI=1S/C13H26N2OS/c1-4-14-11-8-6-5-7-9-12(11)17-10-13(16)15(2)3/h11-12,14H,4-10H2,1-3H3. The molecule has 0 saturated heterocycles. The van der Waals surface area contributed by atoms with Crippen LogP contribution in [-0.2, 0) is 4.79 Å². The van der Waals surface area contributed by atoms with Crippen molar-refractivity contribution < 1.29 is 4.79 Å². The number of hydrogen-bond acceptors (Lipinski definition) is 3. The third-order valence-corrected chi connectivity index (χ3v) is 4.74. The fourth-order valence-electron chi connectivity index (χ4n) is 2.28. The summed E-state index contributed by atoms with van der Waals surface area (Å²) in [6.07, 6.45) is 6.51. The zero-order valence-electron chi connectivity index (χ0n) is 11.4. The third-order valence-electron chi connectivity index (χ3n) is 3.34. The monoisotopic (exact) mass is 258 g/mol. The highest BCUT2D eigenvalue weighted by Gasteiger charge is 2.24. The van der Waals surface area contributed by atoms with Gasteiger partial charge in [-0.2, -0.15) is 0 Å². The average molecular weight is 258 g/mol. The van der Waals surface area contributed by atoms with Gasteiger partial charge in [0.2, 0.25) is 5.91 Å². The van der Waals surface area contributed by atoms with Crippen LogP contribution < -0.4 is 5.32 Å². The second-order valence-corrected chi connectivity index (χ2v) is 6.17. The Balaban J connectivity index is 2.43. The summed E-state index contributed by atoms with van der Waals surface area (Å²) in [6, 6.07) is 0.600. The zero-order valence-corrected chi connectivity index (χ0v) is 12.2. The molecule has 17 heavy (non-hydrogen) atoms. The first kappa shape index (κ1) is 14.8. The Morgan fingerprint density at radius 2 is 2.00 bits per heavy atom. The lowest BCUT2D eigenvalue weighted by Gasteiger charge is -2.25. The molecule has 0 aromatic heterocycles. The van der Waals surface area contributed by atoms with Gasteiger partial charge in [-0.15, -0.1) is 11.8 Å². The van der Waals surface area contributed by atoms with E-state index < -0.39 is 0 Å². The van der Waals surface area contributed by atoms with E-state index in [2.05, 4.69) is 12.2 Å². The number of hydrogen-bond donors (Lipinski definition) is 1. The largest absolute Gasteiger partial charge is 0.348 e. The summed E-state index contributed by atoms with van der Waals surface area (Å²) >= 11 is 1.84. The molecule has 2 unspecified atom stereocenters. The zero-order chi connectivity index (χ0) is 12.7. The highest BCUT2D eigenvalue weighted by atomic mass is 32.2. The summed E-state index contributed by atoms with van der Waals surface area (Å²) in [5, 5.41) is 4.19. The van der Waals surface area contributed by atoms with Crippen LogP contribution in [0, 0.1) is 0 Å². The van der Waals surface area contributed by atoms with Crippen molar-refractivity contribution in [3.63, 3.8) is 0 Å². The highest BCUT2D eigenvalue weighted by molar-refractivity contribution is 8.00. The van der Waals surface area contributed by atoms with Crippen LogP contribution in [0.3, 0.4) is 0 Å². The molecule has 2 atom stereocenters. The normalized spacial score (nSPS) is 25.4. The summed E-state index contributed by atoms with van der Waals surface area (Å²) < 4.78 is 0. The minimum atomic E-state index is 0.231. The highest BCUT2D eigenvalue weighted by Crippen LogP contribution is 2.28. The molecule has 100 valence electrons. The molecule has 1 N–H and O–H groups in total. The van der Waals surface area contributed by atoms with Gasteiger partial charge in [-0.3, -0.25) is 4.79 Å². The lowest BCUT2D eigenvalue weighted by Crippen LogP contribution is -2.38. The van der Waals surface area contributed by atoms with Gasteiger partial charge in [0, 0.05) is 25.4 Å². The van der Waals surface area contributed by atoms with Crippen molar-refractivity contribution in [1.29, 1.82) is 0 Å². The quantitative estimate of drug-likeness (QED) is 0.767. The molecule has 0 aliphatic heterocycles. The molecule has 0 aromatic rings. The molecule has 0 spiro atoms. The fourth-order valence-corrected chi connectivity index (χ4v) is 3.69. The fraction of sp³-hybridized carbons (Fsp3) is 0.923. The van der Waals surface area contributed by atoms with E-state index in [0.717, 1.165) is 6.54 Å². The molecule has 0 aromatic carbocycles. The average Bonchev–Trinajstić information content (AvgIpc) is 2.52. The third kappa shape index (κ3) is 5.30. The van der Waals surface area contributed by atoms with Crippen LogP contribution in [0.15, 0.2) is 0 Å². The Morgan fingerprint density at radius 3 is 2.65 bits per heavy atom. The summed E-state index contributed by atoms with van der Waals surface area (Å²) in [6.45, 7) is 3.20. The van der Waals surface area contributed by atoms with Crippen LogP contribution in [0.1, 0.15) is 39.0 Å². The first-order valence-electron chi connectivity index (χ1n) is 6.70. The molecule has 3 nitrogen and oxygen atoms in total. The molecule has 1 rings (SSSR count). The molecule has 1 aliphatic rings. The molecular weight excluding hydrogens is 232 g/mol. The predicted octanol–water partition coefficient (Wildman–Crippen LogP) is 2.12. The topological polar surface area (TPSA) is 32.3 Å². The Bertz CT molecular complexity index is 233. The molecule has 0 bridgehead atoms. The van der Waals surface area contributed by atoms with Crippen molar-refractivity contribution in [3.8, 4) is 0 Å². The number of carbonyl (C=O) groups excluding carboxylic acids is 1. The lowest BCUT2D eigenvalue weighted by molar-refractivity contribution is -0.125. The molecule has 1 aliphatic carbocycles. The maximum Gasteiger partial charge on any atom is 0.232 e. The van der Waals surface area contributed by atoms with E-state index in [1.165, 1.54) is 32.1 Å². The van der Waals surface area contributed by atoms with E-state index >= 15 is 0 Å². The first-order chi connectivity index (χ1) is 8.15. The maximum atomic E-state index is 11.6. The summed E-state index contributed by atoms with van der Waals surface area (Å²) in [4.78, 5) is 13.3. The van der Waals surface area contributed by atoms with Crippen LogP contribution in [0.25, 0.3) is 0 Å². The maximum absolute atomic E-state index is 11.6. The Kier molecular flexibility index (Phi) is 6.97. The predicted molar refractivity (Wildman–Crippen MR) is 75.5 cm³/mol. The van der Waals surface area contributed by atoms with Gasteiger partial charge in [0.1, 0.15) is 0 Å². The van der Waals surface area contributed by atoms with Gasteiger partial charge < -0.3 is 10.2 Å². The van der Waals surface area contributed by atoms with Gasteiger partial charge in [0.15, 0.2) is 0 Å². The SMILES string of the molecule is CCNC1CCCCCC1SCC(=O)N(C)C. The van der Waals surface area contributed by atoms with Crippen molar-refractivity contribution in [3.05, 3.63) is 0 Å². The van der Waals surface area contributed by atoms with Gasteiger partial charge >= 0.3 is 0 Å². The Morgan fingerprint density at radius 1 is 1.29 bits per heavy atom. The van der Waals surface area contributed by atoms with E-state index in [-0.39, 0.29) is 5.91 Å². The summed E-state index contributed by atoms with van der Waals surface area (Å²) in [5.74, 6) is 0.856. The van der Waals surface area contributed by atoms with Crippen molar-refractivity contribution >= 4 is 17.7 Å². The van der Waals surface area contributed by atoms with Crippen molar-refractivity contribution in [1.82, 2.24) is 10.2 Å². The van der Waals surface area contributed by atoms with E-state index in [1.807, 2.05) is 25.9 Å². The van der Waals surface area contributed by atoms with Crippen LogP contribution in [-0.4, -0.2) is 48.5 Å². The summed E-state index contributed by atoms with van der Waals surface area (Å²) in [5.41, 5.74) is 0.